The van der Waals surface area contributed by atoms with Crippen LogP contribution in [0.25, 0.3) is 17.0 Å². The molecule has 0 saturated heterocycles. The van der Waals surface area contributed by atoms with Crippen molar-refractivity contribution in [1.29, 1.82) is 0 Å². The van der Waals surface area contributed by atoms with E-state index in [4.69, 9.17) is 4.74 Å². The maximum Gasteiger partial charge on any atom is 0.271 e. The van der Waals surface area contributed by atoms with Crippen molar-refractivity contribution in [3.63, 3.8) is 0 Å². The van der Waals surface area contributed by atoms with Crippen molar-refractivity contribution in [1.82, 2.24) is 4.98 Å². The van der Waals surface area contributed by atoms with Gasteiger partial charge in [0.1, 0.15) is 22.8 Å². The highest BCUT2D eigenvalue weighted by Crippen LogP contribution is 2.40. The second-order valence-electron chi connectivity index (χ2n) is 5.51. The van der Waals surface area contributed by atoms with Crippen LogP contribution in [-0.2, 0) is 0 Å². The van der Waals surface area contributed by atoms with Gasteiger partial charge in [-0.25, -0.2) is 0 Å². The van der Waals surface area contributed by atoms with Crippen LogP contribution in [0.1, 0.15) is 15.9 Å². The summed E-state index contributed by atoms with van der Waals surface area (Å²) in [6.07, 6.45) is 3.07. The molecule has 4 rings (SSSR count). The standard InChI is InChI=1S/C17H10N2O6/c20-10-5-13(21)16-14(6-10)25-15(17(16)22)3-8-7-18-12-4-9(19(23)24)1-2-11(8)12/h1-7,18,20-21H/b15-3+. The highest BCUT2D eigenvalue weighted by molar-refractivity contribution is 6.16. The topological polar surface area (TPSA) is 126 Å². The molecule has 0 radical (unpaired) electrons. The van der Waals surface area contributed by atoms with Crippen LogP contribution in [0.3, 0.4) is 0 Å². The summed E-state index contributed by atoms with van der Waals surface area (Å²) in [5, 5.41) is 30.8. The molecular formula is C17H10N2O6. The molecular weight excluding hydrogens is 328 g/mol. The molecule has 0 bridgehead atoms. The molecule has 2 aromatic carbocycles. The molecule has 3 N–H and O–H groups in total. The van der Waals surface area contributed by atoms with E-state index in [0.29, 0.717) is 16.5 Å². The highest BCUT2D eigenvalue weighted by Gasteiger charge is 2.31. The molecule has 0 spiro atoms. The smallest absolute Gasteiger partial charge is 0.271 e. The lowest BCUT2D eigenvalue weighted by Crippen LogP contribution is -1.98. The summed E-state index contributed by atoms with van der Waals surface area (Å²) >= 11 is 0. The van der Waals surface area contributed by atoms with Crippen LogP contribution in [0.4, 0.5) is 5.69 Å². The number of hydrogen-bond acceptors (Lipinski definition) is 6. The number of nitrogens with zero attached hydrogens (tertiary/aromatic N) is 1. The Morgan fingerprint density at radius 1 is 1.20 bits per heavy atom. The maximum atomic E-state index is 12.4. The third-order valence-electron chi connectivity index (χ3n) is 3.93. The number of nitro benzene ring substituents is 1. The number of ether oxygens (including phenoxy) is 1. The van der Waals surface area contributed by atoms with Gasteiger partial charge in [-0.05, 0) is 12.1 Å². The number of non-ortho nitro benzene ring substituents is 1. The van der Waals surface area contributed by atoms with Gasteiger partial charge in [-0.15, -0.1) is 0 Å². The molecule has 2 heterocycles. The Morgan fingerprint density at radius 3 is 2.76 bits per heavy atom. The minimum atomic E-state index is -0.510. The van der Waals surface area contributed by atoms with Crippen molar-refractivity contribution >= 4 is 28.4 Å². The molecule has 3 aromatic rings. The van der Waals surface area contributed by atoms with Gasteiger partial charge in [0.15, 0.2) is 5.76 Å². The minimum absolute atomic E-state index is 0.0143. The van der Waals surface area contributed by atoms with Gasteiger partial charge >= 0.3 is 0 Å². The van der Waals surface area contributed by atoms with Crippen LogP contribution in [0, 0.1) is 10.1 Å². The van der Waals surface area contributed by atoms with Crippen LogP contribution in [0.2, 0.25) is 0 Å². The van der Waals surface area contributed by atoms with E-state index in [0.717, 1.165) is 6.07 Å². The van der Waals surface area contributed by atoms with Crippen molar-refractivity contribution in [2.24, 2.45) is 0 Å². The molecule has 0 amide bonds. The number of aromatic hydroxyl groups is 2. The predicted molar refractivity (Wildman–Crippen MR) is 87.7 cm³/mol. The number of carbonyl (C=O) groups is 1. The van der Waals surface area contributed by atoms with Gasteiger partial charge in [0.2, 0.25) is 5.78 Å². The lowest BCUT2D eigenvalue weighted by molar-refractivity contribution is -0.384. The largest absolute Gasteiger partial charge is 0.508 e. The number of carbonyl (C=O) groups excluding carboxylic acids is 1. The van der Waals surface area contributed by atoms with E-state index in [1.807, 2.05) is 0 Å². The molecule has 124 valence electrons. The Labute approximate surface area is 139 Å². The number of phenolic OH excluding ortho intramolecular Hbond substituents is 2. The first-order valence-corrected chi connectivity index (χ1v) is 7.20. The number of rotatable bonds is 2. The first kappa shape index (κ1) is 14.8. The number of allylic oxidation sites excluding steroid dienone is 1. The van der Waals surface area contributed by atoms with Gasteiger partial charge in [-0.3, -0.25) is 14.9 Å². The van der Waals surface area contributed by atoms with E-state index in [1.54, 1.807) is 12.3 Å². The number of Topliss-reactive ketones (excluding diaryl/α,β-unsaturated/α-hetero) is 1. The average molecular weight is 338 g/mol. The third-order valence-corrected chi connectivity index (χ3v) is 3.93. The summed E-state index contributed by atoms with van der Waals surface area (Å²) in [6.45, 7) is 0. The zero-order valence-electron chi connectivity index (χ0n) is 12.5. The Morgan fingerprint density at radius 2 is 2.00 bits per heavy atom. The fourth-order valence-electron chi connectivity index (χ4n) is 2.79. The molecule has 8 nitrogen and oxygen atoms in total. The molecule has 0 fully saturated rings. The summed E-state index contributed by atoms with van der Waals surface area (Å²) in [6, 6.07) is 6.65. The first-order chi connectivity index (χ1) is 11.9. The fraction of sp³-hybridized carbons (Fsp3) is 0. The summed E-state index contributed by atoms with van der Waals surface area (Å²) in [5.41, 5.74) is 1.09. The van der Waals surface area contributed by atoms with Crippen molar-refractivity contribution in [2.45, 2.75) is 0 Å². The SMILES string of the molecule is O=C1/C(=C\c2c[nH]c3cc([N+](=O)[O-])ccc23)Oc2cc(O)cc(O)c21. The normalized spacial score (nSPS) is 14.7. The van der Waals surface area contributed by atoms with Crippen LogP contribution < -0.4 is 4.74 Å². The summed E-state index contributed by atoms with van der Waals surface area (Å²) < 4.78 is 5.43. The number of nitrogens with one attached hydrogen (secondary N) is 1. The second-order valence-corrected chi connectivity index (χ2v) is 5.51. The maximum absolute atomic E-state index is 12.4. The highest BCUT2D eigenvalue weighted by atomic mass is 16.6. The number of ketones is 1. The summed E-state index contributed by atoms with van der Waals surface area (Å²) in [4.78, 5) is 25.6. The second kappa shape index (κ2) is 5.10. The van der Waals surface area contributed by atoms with Gasteiger partial charge in [0.05, 0.1) is 10.4 Å². The van der Waals surface area contributed by atoms with Crippen LogP contribution in [0.5, 0.6) is 17.2 Å². The molecule has 0 saturated carbocycles. The van der Waals surface area contributed by atoms with Crippen molar-refractivity contribution in [2.75, 3.05) is 0 Å². The monoisotopic (exact) mass is 338 g/mol. The third kappa shape index (κ3) is 2.27. The van der Waals surface area contributed by atoms with E-state index in [1.165, 1.54) is 24.3 Å². The van der Waals surface area contributed by atoms with Crippen LogP contribution in [0.15, 0.2) is 42.3 Å². The number of nitro groups is 1. The number of phenols is 2. The number of hydrogen-bond donors (Lipinski definition) is 3. The Kier molecular flexibility index (Phi) is 3.01. The molecule has 0 atom stereocenters. The van der Waals surface area contributed by atoms with Crippen molar-refractivity contribution in [3.8, 4) is 17.2 Å². The lowest BCUT2D eigenvalue weighted by Gasteiger charge is -2.00. The molecule has 1 aliphatic rings. The molecule has 1 aromatic heterocycles. The molecule has 0 unspecified atom stereocenters. The van der Waals surface area contributed by atoms with Crippen molar-refractivity contribution < 1.29 is 24.7 Å². The number of benzene rings is 2. The Balaban J connectivity index is 1.77. The predicted octanol–water partition coefficient (Wildman–Crippen LogP) is 3.10. The zero-order chi connectivity index (χ0) is 17.7. The van der Waals surface area contributed by atoms with E-state index in [-0.39, 0.29) is 34.3 Å². The van der Waals surface area contributed by atoms with E-state index in [9.17, 15) is 25.1 Å². The van der Waals surface area contributed by atoms with Gasteiger partial charge in [0, 0.05) is 41.4 Å². The van der Waals surface area contributed by atoms with Crippen molar-refractivity contribution in [3.05, 3.63) is 63.5 Å². The van der Waals surface area contributed by atoms with Gasteiger partial charge in [-0.1, -0.05) is 0 Å². The molecule has 8 heteroatoms. The van der Waals surface area contributed by atoms with Crippen LogP contribution >= 0.6 is 0 Å². The number of H-pyrrole nitrogens is 1. The first-order valence-electron chi connectivity index (χ1n) is 7.20. The number of aromatic amines is 1. The number of fused-ring (bicyclic) bond motifs is 2. The zero-order valence-corrected chi connectivity index (χ0v) is 12.5. The summed E-state index contributed by atoms with van der Waals surface area (Å²) in [5.74, 6) is -1.04. The number of aromatic nitrogens is 1. The quantitative estimate of drug-likeness (QED) is 0.374. The molecule has 0 aliphatic carbocycles. The fourth-order valence-corrected chi connectivity index (χ4v) is 2.79. The lowest BCUT2D eigenvalue weighted by atomic mass is 10.1. The average Bonchev–Trinajstić information content (AvgIpc) is 3.09. The van der Waals surface area contributed by atoms with Crippen LogP contribution in [-0.4, -0.2) is 25.9 Å². The Hall–Kier alpha value is -3.81. The Bertz CT molecular complexity index is 1100. The van der Waals surface area contributed by atoms with E-state index >= 15 is 0 Å². The molecule has 25 heavy (non-hydrogen) atoms. The minimum Gasteiger partial charge on any atom is -0.508 e. The van der Waals surface area contributed by atoms with Gasteiger partial charge in [0.25, 0.3) is 5.69 Å². The van der Waals surface area contributed by atoms with E-state index in [2.05, 4.69) is 4.98 Å². The van der Waals surface area contributed by atoms with Gasteiger partial charge < -0.3 is 19.9 Å². The summed E-state index contributed by atoms with van der Waals surface area (Å²) in [7, 11) is 0. The molecule has 1 aliphatic heterocycles. The van der Waals surface area contributed by atoms with E-state index < -0.39 is 10.7 Å². The van der Waals surface area contributed by atoms with Gasteiger partial charge in [-0.2, -0.15) is 0 Å².